The summed E-state index contributed by atoms with van der Waals surface area (Å²) in [6.07, 6.45) is 6.74. The Labute approximate surface area is 161 Å². The number of aromatic nitrogens is 5. The summed E-state index contributed by atoms with van der Waals surface area (Å²) in [5.41, 5.74) is 4.58. The van der Waals surface area contributed by atoms with Crippen molar-refractivity contribution in [3.05, 3.63) is 55.1 Å². The van der Waals surface area contributed by atoms with Gasteiger partial charge in [0, 0.05) is 43.7 Å². The van der Waals surface area contributed by atoms with E-state index in [2.05, 4.69) is 25.7 Å². The standard InChI is InChI=1S/C20H20FN7/c1-27-11-14(7-24-27)13-5-6-20-23-10-18(28(20)12-13)16-3-2-4-19(25-16)26-17-9-22-8-15(17)21/h2-7,10-12,15,17,22H,8-9H2,1H3,(H,25,26)/t15-,17-/m1/s1. The number of rotatable bonds is 4. The van der Waals surface area contributed by atoms with E-state index < -0.39 is 6.17 Å². The van der Waals surface area contributed by atoms with Crippen molar-refractivity contribution in [1.29, 1.82) is 0 Å². The fourth-order valence-electron chi connectivity index (χ4n) is 3.55. The molecule has 1 fully saturated rings. The van der Waals surface area contributed by atoms with Gasteiger partial charge < -0.3 is 10.6 Å². The lowest BCUT2D eigenvalue weighted by Crippen LogP contribution is -2.29. The minimum absolute atomic E-state index is 0.262. The van der Waals surface area contributed by atoms with Crippen molar-refractivity contribution in [2.45, 2.75) is 12.2 Å². The molecular formula is C20H20FN7. The second-order valence-electron chi connectivity index (χ2n) is 7.03. The van der Waals surface area contributed by atoms with Crippen molar-refractivity contribution >= 4 is 11.5 Å². The lowest BCUT2D eigenvalue weighted by molar-refractivity contribution is 0.342. The predicted octanol–water partition coefficient (Wildman–Crippen LogP) is 2.52. The van der Waals surface area contributed by atoms with Crippen LogP contribution in [0.25, 0.3) is 28.2 Å². The average molecular weight is 377 g/mol. The number of nitrogens with zero attached hydrogens (tertiary/aromatic N) is 5. The molecule has 1 aliphatic heterocycles. The van der Waals surface area contributed by atoms with Crippen LogP contribution < -0.4 is 10.6 Å². The third-order valence-electron chi connectivity index (χ3n) is 5.03. The fraction of sp³-hybridized carbons (Fsp3) is 0.250. The highest BCUT2D eigenvalue weighted by Gasteiger charge is 2.26. The summed E-state index contributed by atoms with van der Waals surface area (Å²) in [6, 6.07) is 9.46. The van der Waals surface area contributed by atoms with Crippen molar-refractivity contribution in [1.82, 2.24) is 29.5 Å². The van der Waals surface area contributed by atoms with Crippen LogP contribution in [0.15, 0.2) is 55.1 Å². The highest BCUT2D eigenvalue weighted by Crippen LogP contribution is 2.25. The molecule has 0 radical (unpaired) electrons. The molecule has 5 rings (SSSR count). The molecule has 1 saturated heterocycles. The van der Waals surface area contributed by atoms with Crippen LogP contribution in [-0.4, -0.2) is 49.5 Å². The molecule has 0 aromatic carbocycles. The van der Waals surface area contributed by atoms with Crippen molar-refractivity contribution in [2.75, 3.05) is 18.4 Å². The molecule has 0 aliphatic carbocycles. The van der Waals surface area contributed by atoms with Crippen LogP contribution >= 0.6 is 0 Å². The SMILES string of the molecule is Cn1cc(-c2ccc3ncc(-c4cccc(N[C@@H]5CNC[C@H]5F)n4)n3c2)cn1. The lowest BCUT2D eigenvalue weighted by atomic mass is 10.1. The minimum Gasteiger partial charge on any atom is -0.363 e. The number of hydrogen-bond acceptors (Lipinski definition) is 5. The summed E-state index contributed by atoms with van der Waals surface area (Å²) in [4.78, 5) is 9.18. The molecule has 8 heteroatoms. The summed E-state index contributed by atoms with van der Waals surface area (Å²) < 4.78 is 17.7. The molecule has 142 valence electrons. The van der Waals surface area contributed by atoms with E-state index in [1.165, 1.54) is 0 Å². The quantitative estimate of drug-likeness (QED) is 0.572. The number of imidazole rings is 1. The largest absolute Gasteiger partial charge is 0.363 e. The molecular weight excluding hydrogens is 357 g/mol. The van der Waals surface area contributed by atoms with Gasteiger partial charge in [-0.25, -0.2) is 14.4 Å². The van der Waals surface area contributed by atoms with E-state index in [0.29, 0.717) is 18.9 Å². The van der Waals surface area contributed by atoms with E-state index >= 15 is 0 Å². The summed E-state index contributed by atoms with van der Waals surface area (Å²) in [7, 11) is 1.90. The van der Waals surface area contributed by atoms with Gasteiger partial charge in [-0.2, -0.15) is 5.10 Å². The fourth-order valence-corrected chi connectivity index (χ4v) is 3.55. The van der Waals surface area contributed by atoms with Gasteiger partial charge >= 0.3 is 0 Å². The van der Waals surface area contributed by atoms with Crippen LogP contribution in [-0.2, 0) is 7.05 Å². The Bertz CT molecular complexity index is 1130. The first-order valence-electron chi connectivity index (χ1n) is 9.22. The molecule has 2 N–H and O–H groups in total. The number of halogens is 1. The molecule has 0 saturated carbocycles. The summed E-state index contributed by atoms with van der Waals surface area (Å²) in [5, 5.41) is 10.5. The maximum absolute atomic E-state index is 13.9. The van der Waals surface area contributed by atoms with Gasteiger partial charge in [-0.05, 0) is 24.3 Å². The minimum atomic E-state index is -0.914. The average Bonchev–Trinajstić information content (AvgIpc) is 3.42. The molecule has 0 bridgehead atoms. The van der Waals surface area contributed by atoms with Gasteiger partial charge in [-0.3, -0.25) is 9.08 Å². The summed E-state index contributed by atoms with van der Waals surface area (Å²) >= 11 is 0. The predicted molar refractivity (Wildman–Crippen MR) is 106 cm³/mol. The second-order valence-corrected chi connectivity index (χ2v) is 7.03. The van der Waals surface area contributed by atoms with E-state index in [9.17, 15) is 4.39 Å². The molecule has 4 aromatic rings. The Morgan fingerprint density at radius 3 is 2.82 bits per heavy atom. The zero-order valence-corrected chi connectivity index (χ0v) is 15.4. The molecule has 5 heterocycles. The molecule has 0 amide bonds. The molecule has 28 heavy (non-hydrogen) atoms. The number of pyridine rings is 2. The van der Waals surface area contributed by atoms with Gasteiger partial charge in [0.25, 0.3) is 0 Å². The number of aryl methyl sites for hydroxylation is 1. The molecule has 0 unspecified atom stereocenters. The number of alkyl halides is 1. The lowest BCUT2D eigenvalue weighted by Gasteiger charge is -2.15. The van der Waals surface area contributed by atoms with Crippen molar-refractivity contribution in [3.8, 4) is 22.5 Å². The van der Waals surface area contributed by atoms with Crippen LogP contribution in [0.4, 0.5) is 10.2 Å². The number of hydrogen-bond donors (Lipinski definition) is 2. The highest BCUT2D eigenvalue weighted by molar-refractivity contribution is 5.67. The van der Waals surface area contributed by atoms with E-state index in [0.717, 1.165) is 28.2 Å². The van der Waals surface area contributed by atoms with Crippen molar-refractivity contribution in [2.24, 2.45) is 7.05 Å². The van der Waals surface area contributed by atoms with E-state index in [4.69, 9.17) is 0 Å². The molecule has 0 spiro atoms. The maximum Gasteiger partial charge on any atom is 0.137 e. The van der Waals surface area contributed by atoms with Crippen LogP contribution in [0.3, 0.4) is 0 Å². The Kier molecular flexibility index (Phi) is 4.05. The third-order valence-corrected chi connectivity index (χ3v) is 5.03. The molecule has 7 nitrogen and oxygen atoms in total. The zero-order valence-electron chi connectivity index (χ0n) is 15.4. The van der Waals surface area contributed by atoms with Crippen LogP contribution in [0, 0.1) is 0 Å². The third kappa shape index (κ3) is 3.01. The summed E-state index contributed by atoms with van der Waals surface area (Å²) in [6.45, 7) is 0.971. The molecule has 1 aliphatic rings. The first kappa shape index (κ1) is 16.9. The Hall–Kier alpha value is -3.26. The van der Waals surface area contributed by atoms with Crippen LogP contribution in [0.2, 0.25) is 0 Å². The molecule has 4 aromatic heterocycles. The van der Waals surface area contributed by atoms with Crippen molar-refractivity contribution < 1.29 is 4.39 Å². The van der Waals surface area contributed by atoms with Gasteiger partial charge in [-0.15, -0.1) is 0 Å². The van der Waals surface area contributed by atoms with Gasteiger partial charge in [0.05, 0.1) is 29.8 Å². The maximum atomic E-state index is 13.9. The molecule has 2 atom stereocenters. The topological polar surface area (TPSA) is 72.1 Å². The number of anilines is 1. The first-order valence-corrected chi connectivity index (χ1v) is 9.22. The van der Waals surface area contributed by atoms with Gasteiger partial charge in [0.1, 0.15) is 17.6 Å². The van der Waals surface area contributed by atoms with Gasteiger partial charge in [-0.1, -0.05) is 6.07 Å². The van der Waals surface area contributed by atoms with Gasteiger partial charge in [0.15, 0.2) is 0 Å². The van der Waals surface area contributed by atoms with Gasteiger partial charge in [0.2, 0.25) is 0 Å². The van der Waals surface area contributed by atoms with Crippen LogP contribution in [0.1, 0.15) is 0 Å². The number of fused-ring (bicyclic) bond motifs is 1. The Morgan fingerprint density at radius 2 is 2.04 bits per heavy atom. The van der Waals surface area contributed by atoms with E-state index in [1.807, 2.05) is 66.6 Å². The van der Waals surface area contributed by atoms with E-state index in [1.54, 1.807) is 4.68 Å². The Balaban J connectivity index is 1.51. The number of nitrogens with one attached hydrogen (secondary N) is 2. The highest BCUT2D eigenvalue weighted by atomic mass is 19.1. The normalized spacial score (nSPS) is 19.4. The zero-order chi connectivity index (χ0) is 19.1. The van der Waals surface area contributed by atoms with Crippen LogP contribution in [0.5, 0.6) is 0 Å². The summed E-state index contributed by atoms with van der Waals surface area (Å²) in [5.74, 6) is 0.659. The Morgan fingerprint density at radius 1 is 1.11 bits per heavy atom. The monoisotopic (exact) mass is 377 g/mol. The smallest absolute Gasteiger partial charge is 0.137 e. The first-order chi connectivity index (χ1) is 13.7. The second kappa shape index (κ2) is 6.72. The van der Waals surface area contributed by atoms with Crippen molar-refractivity contribution in [3.63, 3.8) is 0 Å². The van der Waals surface area contributed by atoms with E-state index in [-0.39, 0.29) is 6.04 Å².